The molecule has 0 spiro atoms. The first kappa shape index (κ1) is 10.4. The maximum Gasteiger partial charge on any atom is 0.146 e. The van der Waals surface area contributed by atoms with E-state index in [9.17, 15) is 0 Å². The molecule has 4 heteroatoms. The average molecular weight is 224 g/mol. The Balaban J connectivity index is 2.89. The summed E-state index contributed by atoms with van der Waals surface area (Å²) in [7, 11) is 0. The summed E-state index contributed by atoms with van der Waals surface area (Å²) in [5, 5.41) is 4.96. The van der Waals surface area contributed by atoms with Crippen LogP contribution in [-0.2, 0) is 0 Å². The lowest BCUT2D eigenvalue weighted by Crippen LogP contribution is -2.05. The number of rotatable bonds is 1. The third kappa shape index (κ3) is 1.61. The van der Waals surface area contributed by atoms with Crippen LogP contribution in [0.3, 0.4) is 0 Å². The zero-order valence-electron chi connectivity index (χ0n) is 9.37. The molecule has 0 unspecified atom stereocenters. The molecule has 2 rings (SSSR count). The van der Waals surface area contributed by atoms with E-state index in [0.717, 1.165) is 22.6 Å². The van der Waals surface area contributed by atoms with Gasteiger partial charge in [0.2, 0.25) is 0 Å². The van der Waals surface area contributed by atoms with E-state index >= 15 is 0 Å². The minimum Gasteiger partial charge on any atom is -0.234 e. The second kappa shape index (κ2) is 3.49. The molecule has 0 aromatic carbocycles. The van der Waals surface area contributed by atoms with Gasteiger partial charge in [-0.25, -0.2) is 9.50 Å². The zero-order chi connectivity index (χ0) is 11.2. The normalized spacial score (nSPS) is 11.6. The molecule has 0 aliphatic rings. The Morgan fingerprint density at radius 2 is 2.00 bits per heavy atom. The molecular weight excluding hydrogens is 210 g/mol. The highest BCUT2D eigenvalue weighted by Gasteiger charge is 2.14. The Labute approximate surface area is 94.1 Å². The zero-order valence-corrected chi connectivity index (χ0v) is 10.1. The molecule has 0 bridgehead atoms. The molecule has 2 heterocycles. The first-order valence-corrected chi connectivity index (χ1v) is 5.41. The van der Waals surface area contributed by atoms with E-state index in [1.54, 1.807) is 4.52 Å². The highest BCUT2D eigenvalue weighted by atomic mass is 35.5. The summed E-state index contributed by atoms with van der Waals surface area (Å²) in [6.45, 7) is 8.17. The van der Waals surface area contributed by atoms with Crippen molar-refractivity contribution in [2.24, 2.45) is 0 Å². The van der Waals surface area contributed by atoms with Gasteiger partial charge in [-0.1, -0.05) is 25.4 Å². The smallest absolute Gasteiger partial charge is 0.146 e. The summed E-state index contributed by atoms with van der Waals surface area (Å²) in [5.74, 6) is 1.13. The highest BCUT2D eigenvalue weighted by Crippen LogP contribution is 2.25. The first-order chi connectivity index (χ1) is 7.00. The lowest BCUT2D eigenvalue weighted by molar-refractivity contribution is 0.763. The molecule has 0 aliphatic carbocycles. The van der Waals surface area contributed by atoms with Gasteiger partial charge in [0.05, 0.1) is 11.2 Å². The van der Waals surface area contributed by atoms with E-state index < -0.39 is 0 Å². The van der Waals surface area contributed by atoms with Crippen molar-refractivity contribution in [1.29, 1.82) is 0 Å². The fraction of sp³-hybridized carbons (Fsp3) is 0.455. The van der Waals surface area contributed by atoms with Crippen molar-refractivity contribution < 1.29 is 0 Å². The van der Waals surface area contributed by atoms with E-state index in [1.807, 2.05) is 19.9 Å². The number of halogens is 1. The van der Waals surface area contributed by atoms with Crippen LogP contribution in [0.4, 0.5) is 0 Å². The molecule has 0 radical (unpaired) electrons. The minimum atomic E-state index is 0.374. The van der Waals surface area contributed by atoms with Crippen LogP contribution in [0.25, 0.3) is 5.52 Å². The molecule has 3 nitrogen and oxygen atoms in total. The Bertz CT molecular complexity index is 514. The Morgan fingerprint density at radius 1 is 1.33 bits per heavy atom. The molecule has 2 aromatic rings. The third-order valence-corrected chi connectivity index (χ3v) is 2.71. The van der Waals surface area contributed by atoms with Gasteiger partial charge in [0.1, 0.15) is 11.0 Å². The summed E-state index contributed by atoms with van der Waals surface area (Å²) >= 11 is 6.10. The average Bonchev–Trinajstić information content (AvgIpc) is 2.41. The van der Waals surface area contributed by atoms with Crippen molar-refractivity contribution in [1.82, 2.24) is 14.6 Å². The van der Waals surface area contributed by atoms with Gasteiger partial charge in [0, 0.05) is 0 Å². The van der Waals surface area contributed by atoms with Crippen molar-refractivity contribution in [3.63, 3.8) is 0 Å². The van der Waals surface area contributed by atoms with E-state index in [2.05, 4.69) is 23.9 Å². The Morgan fingerprint density at radius 3 is 2.60 bits per heavy atom. The summed E-state index contributed by atoms with van der Waals surface area (Å²) in [4.78, 5) is 4.48. The summed E-state index contributed by atoms with van der Waals surface area (Å²) in [6.07, 6.45) is 0. The van der Waals surface area contributed by atoms with Crippen molar-refractivity contribution in [2.75, 3.05) is 0 Å². The molecule has 0 aliphatic heterocycles. The standard InChI is InChI=1S/C11H14ClN3/c1-6(2)10-11-7(3)5-9(12)15(11)14-8(4)13-10/h5-6H,1-4H3. The summed E-state index contributed by atoms with van der Waals surface area (Å²) in [5.41, 5.74) is 3.23. The highest BCUT2D eigenvalue weighted by molar-refractivity contribution is 6.30. The van der Waals surface area contributed by atoms with Gasteiger partial charge in [-0.15, -0.1) is 0 Å². The second-order valence-electron chi connectivity index (χ2n) is 4.11. The Hall–Kier alpha value is -1.09. The van der Waals surface area contributed by atoms with Gasteiger partial charge in [-0.2, -0.15) is 5.10 Å². The Kier molecular flexibility index (Phi) is 2.43. The van der Waals surface area contributed by atoms with E-state index in [0.29, 0.717) is 11.1 Å². The first-order valence-electron chi connectivity index (χ1n) is 5.03. The van der Waals surface area contributed by atoms with Gasteiger partial charge in [0.15, 0.2) is 0 Å². The van der Waals surface area contributed by atoms with Crippen molar-refractivity contribution in [2.45, 2.75) is 33.6 Å². The molecule has 15 heavy (non-hydrogen) atoms. The van der Waals surface area contributed by atoms with Crippen molar-refractivity contribution in [3.8, 4) is 0 Å². The fourth-order valence-corrected chi connectivity index (χ4v) is 2.07. The van der Waals surface area contributed by atoms with E-state index in [1.165, 1.54) is 0 Å². The van der Waals surface area contributed by atoms with Crippen LogP contribution in [0.1, 0.15) is 36.8 Å². The predicted octanol–water partition coefficient (Wildman–Crippen LogP) is 3.12. The van der Waals surface area contributed by atoms with E-state index in [4.69, 9.17) is 11.6 Å². The SMILES string of the molecule is Cc1nc(C(C)C)c2c(C)cc(Cl)n2n1. The van der Waals surface area contributed by atoms with E-state index in [-0.39, 0.29) is 0 Å². The monoisotopic (exact) mass is 223 g/mol. The van der Waals surface area contributed by atoms with Crippen LogP contribution < -0.4 is 0 Å². The van der Waals surface area contributed by atoms with Gasteiger partial charge in [-0.3, -0.25) is 0 Å². The van der Waals surface area contributed by atoms with Gasteiger partial charge in [0.25, 0.3) is 0 Å². The molecule has 2 aromatic heterocycles. The van der Waals surface area contributed by atoms with Crippen molar-refractivity contribution >= 4 is 17.1 Å². The number of aromatic nitrogens is 3. The van der Waals surface area contributed by atoms with Gasteiger partial charge in [-0.05, 0) is 31.4 Å². The van der Waals surface area contributed by atoms with Crippen LogP contribution in [-0.4, -0.2) is 14.6 Å². The van der Waals surface area contributed by atoms with Gasteiger partial charge >= 0.3 is 0 Å². The molecule has 80 valence electrons. The van der Waals surface area contributed by atoms with Gasteiger partial charge < -0.3 is 0 Å². The maximum absolute atomic E-state index is 6.10. The predicted molar refractivity (Wildman–Crippen MR) is 61.6 cm³/mol. The van der Waals surface area contributed by atoms with Crippen LogP contribution >= 0.6 is 11.6 Å². The molecule has 0 saturated carbocycles. The van der Waals surface area contributed by atoms with Crippen molar-refractivity contribution in [3.05, 3.63) is 28.3 Å². The molecule has 0 N–H and O–H groups in total. The lowest BCUT2D eigenvalue weighted by atomic mass is 10.1. The van der Waals surface area contributed by atoms with Crippen LogP contribution in [0.5, 0.6) is 0 Å². The molecule has 0 saturated heterocycles. The summed E-state index contributed by atoms with van der Waals surface area (Å²) < 4.78 is 1.77. The number of hydrogen-bond acceptors (Lipinski definition) is 2. The number of fused-ring (bicyclic) bond motifs is 1. The lowest BCUT2D eigenvalue weighted by Gasteiger charge is -2.09. The summed E-state index contributed by atoms with van der Waals surface area (Å²) in [6, 6.07) is 1.93. The molecular formula is C11H14ClN3. The third-order valence-electron chi connectivity index (χ3n) is 2.44. The van der Waals surface area contributed by atoms with Crippen LogP contribution in [0.2, 0.25) is 5.15 Å². The molecule has 0 amide bonds. The van der Waals surface area contributed by atoms with Crippen LogP contribution in [0.15, 0.2) is 6.07 Å². The fourth-order valence-electron chi connectivity index (χ4n) is 1.79. The minimum absolute atomic E-state index is 0.374. The number of hydrogen-bond donors (Lipinski definition) is 0. The topological polar surface area (TPSA) is 30.2 Å². The second-order valence-corrected chi connectivity index (χ2v) is 4.50. The number of aryl methyl sites for hydroxylation is 2. The number of nitrogens with zero attached hydrogens (tertiary/aromatic N) is 3. The van der Waals surface area contributed by atoms with Crippen LogP contribution in [0, 0.1) is 13.8 Å². The molecule has 0 atom stereocenters. The largest absolute Gasteiger partial charge is 0.234 e. The quantitative estimate of drug-likeness (QED) is 0.744. The molecule has 0 fully saturated rings. The maximum atomic E-state index is 6.10.